The quantitative estimate of drug-likeness (QED) is 0.664. The molecule has 2 aromatic rings. The minimum Gasteiger partial charge on any atom is -0.465 e. The van der Waals surface area contributed by atoms with E-state index in [0.29, 0.717) is 33.6 Å². The highest BCUT2D eigenvalue weighted by Gasteiger charge is 2.13. The highest BCUT2D eigenvalue weighted by Crippen LogP contribution is 2.32. The standard InChI is InChI=1S/C16H16N2O4/c1-21-15(19)9-3-5-11(13(17)7-9)12-6-4-10(8-14(12)18)16(20)22-2/h3-8H,17-18H2,1-2H3. The van der Waals surface area contributed by atoms with Gasteiger partial charge in [-0.3, -0.25) is 0 Å². The molecule has 2 aromatic carbocycles. The van der Waals surface area contributed by atoms with Crippen LogP contribution >= 0.6 is 0 Å². The third-order valence-corrected chi connectivity index (χ3v) is 3.24. The molecule has 6 heteroatoms. The van der Waals surface area contributed by atoms with Crippen LogP contribution in [0.25, 0.3) is 11.1 Å². The van der Waals surface area contributed by atoms with Crippen molar-refractivity contribution in [1.82, 2.24) is 0 Å². The number of nitrogens with two attached hydrogens (primary N) is 2. The van der Waals surface area contributed by atoms with Crippen molar-refractivity contribution >= 4 is 23.3 Å². The molecule has 0 fully saturated rings. The molecular formula is C16H16N2O4. The van der Waals surface area contributed by atoms with Crippen molar-refractivity contribution in [3.05, 3.63) is 47.5 Å². The molecule has 0 aromatic heterocycles. The van der Waals surface area contributed by atoms with Crippen molar-refractivity contribution < 1.29 is 19.1 Å². The second-order valence-corrected chi connectivity index (χ2v) is 4.59. The van der Waals surface area contributed by atoms with Crippen LogP contribution in [-0.4, -0.2) is 26.2 Å². The Bertz CT molecular complexity index is 677. The third kappa shape index (κ3) is 2.85. The van der Waals surface area contributed by atoms with Crippen molar-refractivity contribution in [3.63, 3.8) is 0 Å². The number of esters is 2. The first-order valence-corrected chi connectivity index (χ1v) is 6.44. The first kappa shape index (κ1) is 15.4. The van der Waals surface area contributed by atoms with E-state index in [2.05, 4.69) is 9.47 Å². The fourth-order valence-electron chi connectivity index (χ4n) is 2.11. The molecule has 0 spiro atoms. The smallest absolute Gasteiger partial charge is 0.337 e. The molecule has 0 aliphatic rings. The van der Waals surface area contributed by atoms with E-state index in [1.807, 2.05) is 0 Å². The lowest BCUT2D eigenvalue weighted by molar-refractivity contribution is 0.0592. The van der Waals surface area contributed by atoms with E-state index < -0.39 is 11.9 Å². The third-order valence-electron chi connectivity index (χ3n) is 3.24. The van der Waals surface area contributed by atoms with Gasteiger partial charge in [0.1, 0.15) is 0 Å². The normalized spacial score (nSPS) is 10.1. The average Bonchev–Trinajstić information content (AvgIpc) is 2.53. The Kier molecular flexibility index (Phi) is 4.31. The summed E-state index contributed by atoms with van der Waals surface area (Å²) in [5, 5.41) is 0. The Morgan fingerprint density at radius 1 is 0.773 bits per heavy atom. The molecule has 22 heavy (non-hydrogen) atoms. The monoisotopic (exact) mass is 300 g/mol. The van der Waals surface area contributed by atoms with Crippen LogP contribution < -0.4 is 11.5 Å². The Hall–Kier alpha value is -3.02. The van der Waals surface area contributed by atoms with Crippen LogP contribution in [0.4, 0.5) is 11.4 Å². The first-order chi connectivity index (χ1) is 10.5. The molecule has 0 unspecified atom stereocenters. The number of carbonyl (C=O) groups excluding carboxylic acids is 2. The maximum Gasteiger partial charge on any atom is 0.337 e. The maximum absolute atomic E-state index is 11.5. The van der Waals surface area contributed by atoms with Crippen molar-refractivity contribution in [2.45, 2.75) is 0 Å². The van der Waals surface area contributed by atoms with Gasteiger partial charge in [0.2, 0.25) is 0 Å². The van der Waals surface area contributed by atoms with Gasteiger partial charge in [-0.05, 0) is 24.3 Å². The molecule has 0 saturated heterocycles. The van der Waals surface area contributed by atoms with Gasteiger partial charge in [-0.1, -0.05) is 12.1 Å². The van der Waals surface area contributed by atoms with Crippen LogP contribution in [0.1, 0.15) is 20.7 Å². The summed E-state index contributed by atoms with van der Waals surface area (Å²) in [4.78, 5) is 23.0. The summed E-state index contributed by atoms with van der Waals surface area (Å²) in [6.07, 6.45) is 0. The highest BCUT2D eigenvalue weighted by atomic mass is 16.5. The predicted octanol–water partition coefficient (Wildman–Crippen LogP) is 2.09. The number of hydrogen-bond acceptors (Lipinski definition) is 6. The molecule has 0 aliphatic heterocycles. The van der Waals surface area contributed by atoms with Gasteiger partial charge in [0, 0.05) is 22.5 Å². The molecule has 0 bridgehead atoms. The maximum atomic E-state index is 11.5. The van der Waals surface area contributed by atoms with E-state index in [0.717, 1.165) is 0 Å². The summed E-state index contributed by atoms with van der Waals surface area (Å²) < 4.78 is 9.29. The summed E-state index contributed by atoms with van der Waals surface area (Å²) in [7, 11) is 2.60. The van der Waals surface area contributed by atoms with Gasteiger partial charge in [0.15, 0.2) is 0 Å². The van der Waals surface area contributed by atoms with Gasteiger partial charge in [0.25, 0.3) is 0 Å². The predicted molar refractivity (Wildman–Crippen MR) is 83.4 cm³/mol. The molecule has 6 nitrogen and oxygen atoms in total. The number of rotatable bonds is 3. The van der Waals surface area contributed by atoms with Crippen LogP contribution in [0.5, 0.6) is 0 Å². The van der Waals surface area contributed by atoms with Gasteiger partial charge >= 0.3 is 11.9 Å². The molecule has 0 radical (unpaired) electrons. The zero-order chi connectivity index (χ0) is 16.3. The molecule has 114 valence electrons. The Labute approximate surface area is 127 Å². The fourth-order valence-corrected chi connectivity index (χ4v) is 2.11. The van der Waals surface area contributed by atoms with Gasteiger partial charge < -0.3 is 20.9 Å². The van der Waals surface area contributed by atoms with Crippen molar-refractivity contribution in [2.24, 2.45) is 0 Å². The minimum atomic E-state index is -0.465. The lowest BCUT2D eigenvalue weighted by Gasteiger charge is -2.11. The second-order valence-electron chi connectivity index (χ2n) is 4.59. The van der Waals surface area contributed by atoms with Crippen molar-refractivity contribution in [1.29, 1.82) is 0 Å². The number of hydrogen-bond donors (Lipinski definition) is 2. The fraction of sp³-hybridized carbons (Fsp3) is 0.125. The van der Waals surface area contributed by atoms with E-state index in [-0.39, 0.29) is 0 Å². The SMILES string of the molecule is COC(=O)c1ccc(-c2ccc(C(=O)OC)cc2N)c(N)c1. The van der Waals surface area contributed by atoms with E-state index in [1.54, 1.807) is 24.3 Å². The molecule has 0 heterocycles. The number of nitrogen functional groups attached to an aromatic ring is 2. The van der Waals surface area contributed by atoms with Gasteiger partial charge in [0.05, 0.1) is 25.3 Å². The van der Waals surface area contributed by atoms with Crippen molar-refractivity contribution in [3.8, 4) is 11.1 Å². The van der Waals surface area contributed by atoms with E-state index in [1.165, 1.54) is 26.4 Å². The summed E-state index contributed by atoms with van der Waals surface area (Å²) >= 11 is 0. The zero-order valence-electron chi connectivity index (χ0n) is 12.3. The number of ether oxygens (including phenoxy) is 2. The van der Waals surface area contributed by atoms with Crippen molar-refractivity contribution in [2.75, 3.05) is 25.7 Å². The summed E-state index contributed by atoms with van der Waals surface area (Å²) in [6.45, 7) is 0. The molecular weight excluding hydrogens is 284 g/mol. The van der Waals surface area contributed by atoms with E-state index >= 15 is 0 Å². The van der Waals surface area contributed by atoms with Gasteiger partial charge in [-0.2, -0.15) is 0 Å². The largest absolute Gasteiger partial charge is 0.465 e. The lowest BCUT2D eigenvalue weighted by atomic mass is 9.98. The summed E-state index contributed by atoms with van der Waals surface area (Å²) in [5.41, 5.74) is 14.8. The van der Waals surface area contributed by atoms with Crippen LogP contribution in [0.2, 0.25) is 0 Å². The molecule has 4 N–H and O–H groups in total. The number of methoxy groups -OCH3 is 2. The number of anilines is 2. The molecule has 0 amide bonds. The topological polar surface area (TPSA) is 105 Å². The minimum absolute atomic E-state index is 0.355. The molecule has 0 atom stereocenters. The highest BCUT2D eigenvalue weighted by molar-refractivity contribution is 5.96. The van der Waals surface area contributed by atoms with Crippen LogP contribution in [0, 0.1) is 0 Å². The summed E-state index contributed by atoms with van der Waals surface area (Å²) in [5.74, 6) is -0.931. The second kappa shape index (κ2) is 6.17. The Balaban J connectivity index is 2.44. The lowest BCUT2D eigenvalue weighted by Crippen LogP contribution is -2.04. The Morgan fingerprint density at radius 2 is 1.14 bits per heavy atom. The van der Waals surface area contributed by atoms with E-state index in [9.17, 15) is 9.59 Å². The first-order valence-electron chi connectivity index (χ1n) is 6.44. The van der Waals surface area contributed by atoms with Crippen LogP contribution in [0.3, 0.4) is 0 Å². The number of benzene rings is 2. The van der Waals surface area contributed by atoms with Gasteiger partial charge in [-0.15, -0.1) is 0 Å². The number of carbonyl (C=O) groups is 2. The average molecular weight is 300 g/mol. The van der Waals surface area contributed by atoms with Gasteiger partial charge in [-0.25, -0.2) is 9.59 Å². The zero-order valence-corrected chi connectivity index (χ0v) is 12.3. The van der Waals surface area contributed by atoms with Crippen LogP contribution in [-0.2, 0) is 9.47 Å². The van der Waals surface area contributed by atoms with Crippen LogP contribution in [0.15, 0.2) is 36.4 Å². The summed E-state index contributed by atoms with van der Waals surface area (Å²) in [6, 6.07) is 9.62. The Morgan fingerprint density at radius 3 is 1.41 bits per heavy atom. The molecule has 0 aliphatic carbocycles. The molecule has 2 rings (SSSR count). The molecule has 0 saturated carbocycles. The van der Waals surface area contributed by atoms with E-state index in [4.69, 9.17) is 11.5 Å².